The standard InChI is InChI=1S/C21H46N2/c1-4-7-8-9-10-11-12-13-14-15-17-22-18-16-21-23(19-5-2)20-6-3/h22H,4-21H2,1-3H3. The number of hydrogen-bond acceptors (Lipinski definition) is 2. The van der Waals surface area contributed by atoms with Gasteiger partial charge < -0.3 is 10.2 Å². The Bertz CT molecular complexity index is 200. The molecule has 2 heteroatoms. The molecule has 2 nitrogen and oxygen atoms in total. The maximum atomic E-state index is 3.62. The van der Waals surface area contributed by atoms with Crippen LogP contribution in [0.1, 0.15) is 104 Å². The van der Waals surface area contributed by atoms with Gasteiger partial charge in [-0.3, -0.25) is 0 Å². The molecule has 0 heterocycles. The molecule has 0 aliphatic heterocycles. The molecule has 0 saturated carbocycles. The lowest BCUT2D eigenvalue weighted by atomic mass is 10.1. The molecule has 0 radical (unpaired) electrons. The predicted octanol–water partition coefficient (Wildman–Crippen LogP) is 6.01. The van der Waals surface area contributed by atoms with E-state index < -0.39 is 0 Å². The van der Waals surface area contributed by atoms with Crippen LogP contribution in [0.25, 0.3) is 0 Å². The molecule has 0 aromatic heterocycles. The highest BCUT2D eigenvalue weighted by atomic mass is 15.1. The summed E-state index contributed by atoms with van der Waals surface area (Å²) in [4.78, 5) is 2.61. The summed E-state index contributed by atoms with van der Waals surface area (Å²) in [7, 11) is 0. The second-order valence-electron chi connectivity index (χ2n) is 7.13. The van der Waals surface area contributed by atoms with Gasteiger partial charge >= 0.3 is 0 Å². The van der Waals surface area contributed by atoms with Crippen LogP contribution in [0.15, 0.2) is 0 Å². The van der Waals surface area contributed by atoms with Crippen molar-refractivity contribution >= 4 is 0 Å². The SMILES string of the molecule is CCCCCCCCCCCCNCCCN(CCC)CCC. The lowest BCUT2D eigenvalue weighted by Gasteiger charge is -2.20. The Labute approximate surface area is 147 Å². The fraction of sp³-hybridized carbons (Fsp3) is 1.00. The van der Waals surface area contributed by atoms with E-state index in [0.717, 1.165) is 0 Å². The van der Waals surface area contributed by atoms with E-state index in [2.05, 4.69) is 31.0 Å². The Kier molecular flexibility index (Phi) is 19.9. The van der Waals surface area contributed by atoms with Gasteiger partial charge in [0, 0.05) is 0 Å². The minimum Gasteiger partial charge on any atom is -0.317 e. The number of hydrogen-bond donors (Lipinski definition) is 1. The van der Waals surface area contributed by atoms with Crippen LogP contribution in [0.4, 0.5) is 0 Å². The van der Waals surface area contributed by atoms with Gasteiger partial charge in [0.1, 0.15) is 0 Å². The third kappa shape index (κ3) is 18.1. The smallest absolute Gasteiger partial charge is 0.000664 e. The molecule has 23 heavy (non-hydrogen) atoms. The molecule has 0 rings (SSSR count). The topological polar surface area (TPSA) is 15.3 Å². The van der Waals surface area contributed by atoms with Crippen molar-refractivity contribution in [2.75, 3.05) is 32.7 Å². The molecular formula is C21H46N2. The minimum absolute atomic E-state index is 1.20. The highest BCUT2D eigenvalue weighted by Crippen LogP contribution is 2.10. The first-order chi connectivity index (χ1) is 11.3. The van der Waals surface area contributed by atoms with E-state index in [1.807, 2.05) is 0 Å². The monoisotopic (exact) mass is 326 g/mol. The van der Waals surface area contributed by atoms with Crippen LogP contribution < -0.4 is 5.32 Å². The Morgan fingerprint density at radius 2 is 0.957 bits per heavy atom. The molecule has 1 N–H and O–H groups in total. The van der Waals surface area contributed by atoms with Crippen molar-refractivity contribution in [3.05, 3.63) is 0 Å². The van der Waals surface area contributed by atoms with Gasteiger partial charge in [-0.05, 0) is 58.4 Å². The van der Waals surface area contributed by atoms with Crippen LogP contribution in [0.2, 0.25) is 0 Å². The van der Waals surface area contributed by atoms with Gasteiger partial charge in [0.25, 0.3) is 0 Å². The predicted molar refractivity (Wildman–Crippen MR) is 106 cm³/mol. The number of nitrogens with zero attached hydrogens (tertiary/aromatic N) is 1. The van der Waals surface area contributed by atoms with Crippen LogP contribution in [-0.2, 0) is 0 Å². The van der Waals surface area contributed by atoms with Gasteiger partial charge in [-0.15, -0.1) is 0 Å². The molecule has 0 fully saturated rings. The molecule has 0 spiro atoms. The van der Waals surface area contributed by atoms with Gasteiger partial charge in [-0.25, -0.2) is 0 Å². The van der Waals surface area contributed by atoms with Crippen molar-refractivity contribution in [2.24, 2.45) is 0 Å². The van der Waals surface area contributed by atoms with Crippen molar-refractivity contribution in [1.29, 1.82) is 0 Å². The van der Waals surface area contributed by atoms with E-state index in [4.69, 9.17) is 0 Å². The van der Waals surface area contributed by atoms with E-state index in [-0.39, 0.29) is 0 Å². The van der Waals surface area contributed by atoms with Gasteiger partial charge in [-0.2, -0.15) is 0 Å². The summed E-state index contributed by atoms with van der Waals surface area (Å²) in [6.07, 6.45) is 18.2. The van der Waals surface area contributed by atoms with Crippen LogP contribution in [0.3, 0.4) is 0 Å². The van der Waals surface area contributed by atoms with Crippen LogP contribution in [-0.4, -0.2) is 37.6 Å². The molecular weight excluding hydrogens is 280 g/mol. The zero-order chi connectivity index (χ0) is 17.0. The molecule has 0 amide bonds. The summed E-state index contributed by atoms with van der Waals surface area (Å²) in [5, 5.41) is 3.62. The minimum atomic E-state index is 1.20. The average Bonchev–Trinajstić information content (AvgIpc) is 2.55. The summed E-state index contributed by atoms with van der Waals surface area (Å²) in [6, 6.07) is 0. The third-order valence-corrected chi connectivity index (χ3v) is 4.61. The molecule has 0 unspecified atom stereocenters. The Hall–Kier alpha value is -0.0800. The highest BCUT2D eigenvalue weighted by molar-refractivity contribution is 4.58. The van der Waals surface area contributed by atoms with Gasteiger partial charge in [0.15, 0.2) is 0 Å². The van der Waals surface area contributed by atoms with Crippen molar-refractivity contribution in [3.8, 4) is 0 Å². The summed E-state index contributed by atoms with van der Waals surface area (Å²) in [5.41, 5.74) is 0. The number of nitrogens with one attached hydrogen (secondary N) is 1. The molecule has 0 bridgehead atoms. The fourth-order valence-corrected chi connectivity index (χ4v) is 3.26. The van der Waals surface area contributed by atoms with Gasteiger partial charge in [0.2, 0.25) is 0 Å². The van der Waals surface area contributed by atoms with Gasteiger partial charge in [-0.1, -0.05) is 78.6 Å². The first kappa shape index (κ1) is 22.9. The molecule has 0 aliphatic carbocycles. The second-order valence-corrected chi connectivity index (χ2v) is 7.13. The molecule has 0 saturated heterocycles. The van der Waals surface area contributed by atoms with E-state index in [1.54, 1.807) is 0 Å². The van der Waals surface area contributed by atoms with Crippen molar-refractivity contribution in [1.82, 2.24) is 10.2 Å². The van der Waals surface area contributed by atoms with Crippen molar-refractivity contribution < 1.29 is 0 Å². The van der Waals surface area contributed by atoms with Gasteiger partial charge in [0.05, 0.1) is 0 Å². The van der Waals surface area contributed by atoms with Crippen molar-refractivity contribution in [2.45, 2.75) is 104 Å². The first-order valence-electron chi connectivity index (χ1n) is 10.8. The normalized spacial score (nSPS) is 11.5. The largest absolute Gasteiger partial charge is 0.317 e. The van der Waals surface area contributed by atoms with Crippen LogP contribution in [0, 0.1) is 0 Å². The Balaban J connectivity index is 3.15. The summed E-state index contributed by atoms with van der Waals surface area (Å²) < 4.78 is 0. The maximum absolute atomic E-state index is 3.62. The highest BCUT2D eigenvalue weighted by Gasteiger charge is 2.01. The van der Waals surface area contributed by atoms with E-state index in [9.17, 15) is 0 Å². The molecule has 140 valence electrons. The molecule has 0 atom stereocenters. The third-order valence-electron chi connectivity index (χ3n) is 4.61. The van der Waals surface area contributed by atoms with E-state index >= 15 is 0 Å². The van der Waals surface area contributed by atoms with Crippen molar-refractivity contribution in [3.63, 3.8) is 0 Å². The lowest BCUT2D eigenvalue weighted by Crippen LogP contribution is -2.29. The lowest BCUT2D eigenvalue weighted by molar-refractivity contribution is 0.270. The Morgan fingerprint density at radius 1 is 0.478 bits per heavy atom. The molecule has 0 aliphatic rings. The first-order valence-corrected chi connectivity index (χ1v) is 10.8. The zero-order valence-electron chi connectivity index (χ0n) is 16.7. The summed E-state index contributed by atoms with van der Waals surface area (Å²) >= 11 is 0. The van der Waals surface area contributed by atoms with E-state index in [1.165, 1.54) is 116 Å². The maximum Gasteiger partial charge on any atom is -0.000664 e. The zero-order valence-corrected chi connectivity index (χ0v) is 16.7. The summed E-state index contributed by atoms with van der Waals surface area (Å²) in [5.74, 6) is 0. The van der Waals surface area contributed by atoms with E-state index in [0.29, 0.717) is 0 Å². The number of rotatable bonds is 19. The van der Waals surface area contributed by atoms with Crippen LogP contribution >= 0.6 is 0 Å². The average molecular weight is 327 g/mol. The fourth-order valence-electron chi connectivity index (χ4n) is 3.26. The second kappa shape index (κ2) is 20.0. The Morgan fingerprint density at radius 3 is 1.48 bits per heavy atom. The molecule has 0 aromatic rings. The quantitative estimate of drug-likeness (QED) is 0.292. The summed E-state index contributed by atoms with van der Waals surface area (Å²) in [6.45, 7) is 13.1. The van der Waals surface area contributed by atoms with Crippen LogP contribution in [0.5, 0.6) is 0 Å². The number of unbranched alkanes of at least 4 members (excludes halogenated alkanes) is 9. The molecule has 0 aromatic carbocycles.